The van der Waals surface area contributed by atoms with Gasteiger partial charge in [-0.3, -0.25) is 5.43 Å². The highest BCUT2D eigenvalue weighted by Crippen LogP contribution is 2.46. The highest BCUT2D eigenvalue weighted by atomic mass is 16.5. The Kier molecular flexibility index (Phi) is 11.0. The van der Waals surface area contributed by atoms with E-state index >= 15 is 0 Å². The second kappa shape index (κ2) is 14.2. The molecule has 0 aromatic heterocycles. The van der Waals surface area contributed by atoms with Gasteiger partial charge in [0.05, 0.1) is 18.5 Å². The lowest BCUT2D eigenvalue weighted by Gasteiger charge is -2.40. The fourth-order valence-corrected chi connectivity index (χ4v) is 5.48. The molecule has 3 heteroatoms. The third kappa shape index (κ3) is 6.87. The third-order valence-electron chi connectivity index (χ3n) is 7.45. The number of fused-ring (bicyclic) bond motifs is 1. The molecule has 0 saturated carbocycles. The van der Waals surface area contributed by atoms with Crippen LogP contribution in [-0.4, -0.2) is 12.8 Å². The van der Waals surface area contributed by atoms with E-state index in [4.69, 9.17) is 9.84 Å². The average Bonchev–Trinajstić information content (AvgIpc) is 2.88. The zero-order chi connectivity index (χ0) is 24.1. The van der Waals surface area contributed by atoms with Crippen LogP contribution in [0.1, 0.15) is 115 Å². The maximum absolute atomic E-state index is 5.69. The van der Waals surface area contributed by atoms with E-state index in [9.17, 15) is 0 Å². The first-order chi connectivity index (χ1) is 16.7. The number of hydrogen-bond donors (Lipinski definition) is 1. The van der Waals surface area contributed by atoms with Crippen molar-refractivity contribution in [2.75, 3.05) is 12.5 Å². The number of rotatable bonds is 16. The molecule has 0 amide bonds. The molecule has 34 heavy (non-hydrogen) atoms. The number of unbranched alkanes of at least 4 members (excludes halogenated alkanes) is 10. The molecule has 0 saturated heterocycles. The van der Waals surface area contributed by atoms with E-state index in [1.165, 1.54) is 93.9 Å². The second-order valence-corrected chi connectivity index (χ2v) is 9.97. The Balaban J connectivity index is 1.91. The molecule has 3 nitrogen and oxygen atoms in total. The second-order valence-electron chi connectivity index (χ2n) is 9.97. The van der Waals surface area contributed by atoms with Gasteiger partial charge in [0.2, 0.25) is 0 Å². The van der Waals surface area contributed by atoms with Crippen molar-refractivity contribution in [3.63, 3.8) is 0 Å². The minimum atomic E-state index is -0.0774. The number of hydrazone groups is 1. The lowest BCUT2D eigenvalue weighted by atomic mass is 9.66. The number of benzene rings is 2. The summed E-state index contributed by atoms with van der Waals surface area (Å²) in [4.78, 5) is 0. The number of hydrogen-bond acceptors (Lipinski definition) is 3. The maximum atomic E-state index is 5.69. The zero-order valence-electron chi connectivity index (χ0n) is 21.9. The molecular weight excluding hydrogens is 416 g/mol. The highest BCUT2D eigenvalue weighted by Gasteiger charge is 2.41. The maximum Gasteiger partial charge on any atom is 0.119 e. The monoisotopic (exact) mass is 462 g/mol. The number of anilines is 1. The van der Waals surface area contributed by atoms with Gasteiger partial charge in [0.15, 0.2) is 0 Å². The summed E-state index contributed by atoms with van der Waals surface area (Å²) >= 11 is 0. The van der Waals surface area contributed by atoms with Crippen LogP contribution in [0.5, 0.6) is 5.75 Å². The van der Waals surface area contributed by atoms with E-state index in [1.807, 2.05) is 0 Å². The van der Waals surface area contributed by atoms with Crippen LogP contribution >= 0.6 is 0 Å². The predicted octanol–water partition coefficient (Wildman–Crippen LogP) is 9.26. The van der Waals surface area contributed by atoms with Crippen molar-refractivity contribution in [1.29, 1.82) is 0 Å². The molecule has 0 spiro atoms. The molecule has 0 radical (unpaired) electrons. The molecule has 1 N–H and O–H groups in total. The first-order valence-electron chi connectivity index (χ1n) is 13.8. The Hall–Kier alpha value is -2.29. The molecule has 2 aromatic rings. The highest BCUT2D eigenvalue weighted by molar-refractivity contribution is 6.10. The zero-order valence-corrected chi connectivity index (χ0v) is 21.9. The van der Waals surface area contributed by atoms with Crippen molar-refractivity contribution in [3.05, 3.63) is 59.7 Å². The summed E-state index contributed by atoms with van der Waals surface area (Å²) in [5.74, 6) is 0.935. The Morgan fingerprint density at radius 3 is 1.91 bits per heavy atom. The molecule has 0 unspecified atom stereocenters. The van der Waals surface area contributed by atoms with E-state index in [-0.39, 0.29) is 5.41 Å². The Labute approximate surface area is 208 Å². The van der Waals surface area contributed by atoms with E-state index in [0.29, 0.717) is 0 Å². The van der Waals surface area contributed by atoms with Crippen LogP contribution in [0.4, 0.5) is 5.69 Å². The smallest absolute Gasteiger partial charge is 0.119 e. The fourth-order valence-electron chi connectivity index (χ4n) is 5.48. The molecule has 2 aromatic carbocycles. The van der Waals surface area contributed by atoms with Gasteiger partial charge in [-0.25, -0.2) is 0 Å². The number of ether oxygens (including phenoxy) is 1. The minimum absolute atomic E-state index is 0.0774. The normalized spacial score (nSPS) is 14.3. The summed E-state index contributed by atoms with van der Waals surface area (Å²) in [6.45, 7) is 4.58. The average molecular weight is 463 g/mol. The van der Waals surface area contributed by atoms with Crippen molar-refractivity contribution < 1.29 is 4.74 Å². The van der Waals surface area contributed by atoms with Crippen LogP contribution < -0.4 is 10.2 Å². The van der Waals surface area contributed by atoms with Crippen molar-refractivity contribution in [2.45, 2.75) is 109 Å². The fraction of sp³-hybridized carbons (Fsp3) is 0.581. The van der Waals surface area contributed by atoms with Gasteiger partial charge >= 0.3 is 0 Å². The molecule has 186 valence electrons. The van der Waals surface area contributed by atoms with Gasteiger partial charge in [-0.05, 0) is 42.2 Å². The summed E-state index contributed by atoms with van der Waals surface area (Å²) < 4.78 is 5.69. The van der Waals surface area contributed by atoms with Crippen LogP contribution in [-0.2, 0) is 5.41 Å². The van der Waals surface area contributed by atoms with Gasteiger partial charge in [-0.1, -0.05) is 121 Å². The summed E-state index contributed by atoms with van der Waals surface area (Å²) in [5.41, 5.74) is 8.25. The van der Waals surface area contributed by atoms with E-state index < -0.39 is 0 Å². The van der Waals surface area contributed by atoms with Crippen LogP contribution in [0.3, 0.4) is 0 Å². The summed E-state index contributed by atoms with van der Waals surface area (Å²) in [6.07, 6.45) is 18.0. The van der Waals surface area contributed by atoms with Gasteiger partial charge < -0.3 is 4.74 Å². The Bertz CT molecular complexity index is 858. The standard InChI is InChI=1S/C31H46N2O/c1-4-6-8-10-12-17-23-31(24-18-13-11-9-7-5-2)28-25-27(34-3)21-22-29(28)32-33-30(31)26-19-15-14-16-20-26/h14-16,19-22,25,32H,4-13,17-18,23-24H2,1-3H3. The van der Waals surface area contributed by atoms with Crippen molar-refractivity contribution in [1.82, 2.24) is 0 Å². The van der Waals surface area contributed by atoms with Crippen molar-refractivity contribution in [3.8, 4) is 5.75 Å². The lowest BCUT2D eigenvalue weighted by molar-refractivity contribution is 0.404. The molecule has 0 bridgehead atoms. The molecule has 0 fully saturated rings. The van der Waals surface area contributed by atoms with E-state index in [1.54, 1.807) is 7.11 Å². The Morgan fingerprint density at radius 1 is 0.735 bits per heavy atom. The largest absolute Gasteiger partial charge is 0.497 e. The van der Waals surface area contributed by atoms with Crippen molar-refractivity contribution >= 4 is 11.4 Å². The van der Waals surface area contributed by atoms with E-state index in [2.05, 4.69) is 67.8 Å². The van der Waals surface area contributed by atoms with Gasteiger partial charge in [0, 0.05) is 5.41 Å². The number of nitrogens with one attached hydrogen (secondary N) is 1. The van der Waals surface area contributed by atoms with Gasteiger partial charge in [0.1, 0.15) is 5.75 Å². The molecule has 1 heterocycles. The van der Waals surface area contributed by atoms with Crippen LogP contribution in [0.15, 0.2) is 53.6 Å². The molecule has 1 aliphatic heterocycles. The summed E-state index contributed by atoms with van der Waals surface area (Å²) in [5, 5.41) is 5.03. The molecule has 1 aliphatic rings. The molecular formula is C31H46N2O. The van der Waals surface area contributed by atoms with Gasteiger partial charge in [-0.2, -0.15) is 5.10 Å². The van der Waals surface area contributed by atoms with E-state index in [0.717, 1.165) is 24.3 Å². The summed E-state index contributed by atoms with van der Waals surface area (Å²) in [7, 11) is 1.77. The lowest BCUT2D eigenvalue weighted by Crippen LogP contribution is -2.40. The predicted molar refractivity (Wildman–Crippen MR) is 147 cm³/mol. The quantitative estimate of drug-likeness (QED) is 0.252. The van der Waals surface area contributed by atoms with Gasteiger partial charge in [0.25, 0.3) is 0 Å². The molecule has 0 aliphatic carbocycles. The van der Waals surface area contributed by atoms with Crippen LogP contribution in [0, 0.1) is 0 Å². The topological polar surface area (TPSA) is 33.6 Å². The van der Waals surface area contributed by atoms with Crippen molar-refractivity contribution in [2.24, 2.45) is 5.10 Å². The minimum Gasteiger partial charge on any atom is -0.497 e. The number of nitrogens with zero attached hydrogens (tertiary/aromatic N) is 1. The van der Waals surface area contributed by atoms with Crippen LogP contribution in [0.2, 0.25) is 0 Å². The molecule has 0 atom stereocenters. The first-order valence-corrected chi connectivity index (χ1v) is 13.8. The Morgan fingerprint density at radius 2 is 1.32 bits per heavy atom. The third-order valence-corrected chi connectivity index (χ3v) is 7.45. The SMILES string of the molecule is CCCCCCCCC1(CCCCCCCC)C(c2ccccc2)=NNc2ccc(OC)cc21. The molecule has 3 rings (SSSR count). The van der Waals surface area contributed by atoms with Gasteiger partial charge in [-0.15, -0.1) is 0 Å². The number of methoxy groups -OCH3 is 1. The van der Waals surface area contributed by atoms with Crippen LogP contribution in [0.25, 0.3) is 0 Å². The first kappa shape index (κ1) is 26.3. The summed E-state index contributed by atoms with van der Waals surface area (Å²) in [6, 6.07) is 17.3.